The zero-order valence-corrected chi connectivity index (χ0v) is 13.2. The van der Waals surface area contributed by atoms with Crippen LogP contribution in [-0.4, -0.2) is 11.1 Å². The Morgan fingerprint density at radius 1 is 1.12 bits per heavy atom. The number of hydrogen-bond acceptors (Lipinski definition) is 3. The molecule has 0 amide bonds. The number of aromatic carboxylic acids is 1. The number of fused-ring (bicyclic) bond motifs is 1. The molecule has 1 heterocycles. The van der Waals surface area contributed by atoms with Crippen molar-refractivity contribution in [1.29, 1.82) is 0 Å². The molecule has 0 saturated carbocycles. The van der Waals surface area contributed by atoms with Crippen LogP contribution in [0.5, 0.6) is 0 Å². The van der Waals surface area contributed by atoms with Gasteiger partial charge in [-0.05, 0) is 36.3 Å². The van der Waals surface area contributed by atoms with Crippen LogP contribution in [0.4, 0.5) is 0 Å². The lowest BCUT2D eigenvalue weighted by Crippen LogP contribution is -2.11. The molecular weight excluding hydrogens is 304 g/mol. The quantitative estimate of drug-likeness (QED) is 0.781. The second-order valence-electron chi connectivity index (χ2n) is 5.39. The summed E-state index contributed by atoms with van der Waals surface area (Å²) >= 11 is 0. The van der Waals surface area contributed by atoms with Crippen molar-refractivity contribution in [2.45, 2.75) is 13.3 Å². The van der Waals surface area contributed by atoms with Crippen molar-refractivity contribution in [2.24, 2.45) is 0 Å². The molecular formula is C20H16O4. The van der Waals surface area contributed by atoms with Gasteiger partial charge in [0.25, 0.3) is 0 Å². The summed E-state index contributed by atoms with van der Waals surface area (Å²) in [5.41, 5.74) is 1.81. The van der Waals surface area contributed by atoms with E-state index in [0.29, 0.717) is 28.7 Å². The lowest BCUT2D eigenvalue weighted by Gasteiger charge is -2.06. The van der Waals surface area contributed by atoms with Crippen LogP contribution in [0, 0.1) is 0 Å². The Balaban J connectivity index is 2.15. The molecule has 0 saturated heterocycles. The van der Waals surface area contributed by atoms with Crippen LogP contribution in [-0.2, 0) is 6.42 Å². The fraction of sp³-hybridized carbons (Fsp3) is 0.100. The standard InChI is InChI=1S/C20H16O4/c1-2-15-17(10-8-13-6-4-3-5-7-13)24-18-11-9-14(20(22)23)12-16(18)19(15)21/h3-12H,2H2,1H3,(H,22,23)/b10-8+. The van der Waals surface area contributed by atoms with E-state index in [1.807, 2.05) is 43.3 Å². The third kappa shape index (κ3) is 2.99. The van der Waals surface area contributed by atoms with Crippen LogP contribution >= 0.6 is 0 Å². The molecule has 1 aromatic heterocycles. The van der Waals surface area contributed by atoms with Gasteiger partial charge in [0.2, 0.25) is 0 Å². The van der Waals surface area contributed by atoms with Gasteiger partial charge < -0.3 is 9.52 Å². The average Bonchev–Trinajstić information content (AvgIpc) is 2.60. The van der Waals surface area contributed by atoms with E-state index in [9.17, 15) is 9.59 Å². The van der Waals surface area contributed by atoms with Gasteiger partial charge in [-0.2, -0.15) is 0 Å². The van der Waals surface area contributed by atoms with E-state index < -0.39 is 5.97 Å². The number of carboxylic acids is 1. The molecule has 0 unspecified atom stereocenters. The lowest BCUT2D eigenvalue weighted by molar-refractivity contribution is 0.0697. The van der Waals surface area contributed by atoms with Crippen molar-refractivity contribution >= 4 is 29.1 Å². The van der Waals surface area contributed by atoms with Crippen LogP contribution in [0.3, 0.4) is 0 Å². The molecule has 3 rings (SSSR count). The van der Waals surface area contributed by atoms with Gasteiger partial charge in [0.15, 0.2) is 5.43 Å². The largest absolute Gasteiger partial charge is 0.478 e. The van der Waals surface area contributed by atoms with Gasteiger partial charge >= 0.3 is 5.97 Å². The summed E-state index contributed by atoms with van der Waals surface area (Å²) in [5, 5.41) is 9.38. The van der Waals surface area contributed by atoms with E-state index in [1.54, 1.807) is 6.08 Å². The summed E-state index contributed by atoms with van der Waals surface area (Å²) in [7, 11) is 0. The first-order valence-electron chi connectivity index (χ1n) is 7.66. The molecule has 0 bridgehead atoms. The minimum absolute atomic E-state index is 0.0735. The predicted octanol–water partition coefficient (Wildman–Crippen LogP) is 4.22. The van der Waals surface area contributed by atoms with Crippen molar-refractivity contribution in [3.63, 3.8) is 0 Å². The average molecular weight is 320 g/mol. The Morgan fingerprint density at radius 2 is 1.88 bits per heavy atom. The Hall–Kier alpha value is -3.14. The van der Waals surface area contributed by atoms with E-state index in [4.69, 9.17) is 9.52 Å². The van der Waals surface area contributed by atoms with Gasteiger partial charge in [0, 0.05) is 5.56 Å². The smallest absolute Gasteiger partial charge is 0.335 e. The maximum atomic E-state index is 12.7. The Morgan fingerprint density at radius 3 is 2.54 bits per heavy atom. The van der Waals surface area contributed by atoms with Gasteiger partial charge in [-0.3, -0.25) is 4.79 Å². The van der Waals surface area contributed by atoms with Crippen LogP contribution in [0.2, 0.25) is 0 Å². The molecule has 0 spiro atoms. The Labute approximate surface area is 138 Å². The number of carbonyl (C=O) groups is 1. The topological polar surface area (TPSA) is 67.5 Å². The number of hydrogen-bond donors (Lipinski definition) is 1. The number of carboxylic acid groups (broad SMARTS) is 1. The highest BCUT2D eigenvalue weighted by Gasteiger charge is 2.13. The van der Waals surface area contributed by atoms with Crippen molar-refractivity contribution < 1.29 is 14.3 Å². The highest BCUT2D eigenvalue weighted by molar-refractivity contribution is 5.93. The first kappa shape index (κ1) is 15.7. The van der Waals surface area contributed by atoms with Crippen LogP contribution in [0.1, 0.15) is 34.2 Å². The van der Waals surface area contributed by atoms with Gasteiger partial charge in [0.1, 0.15) is 11.3 Å². The molecule has 24 heavy (non-hydrogen) atoms. The zero-order chi connectivity index (χ0) is 17.1. The monoisotopic (exact) mass is 320 g/mol. The molecule has 0 aliphatic heterocycles. The molecule has 2 aromatic carbocycles. The molecule has 4 heteroatoms. The third-order valence-corrected chi connectivity index (χ3v) is 3.84. The van der Waals surface area contributed by atoms with E-state index in [0.717, 1.165) is 5.56 Å². The first-order chi connectivity index (χ1) is 11.6. The molecule has 0 aliphatic rings. The van der Waals surface area contributed by atoms with Crippen molar-refractivity contribution in [1.82, 2.24) is 0 Å². The summed E-state index contributed by atoms with van der Waals surface area (Å²) in [6, 6.07) is 14.1. The maximum Gasteiger partial charge on any atom is 0.335 e. The first-order valence-corrected chi connectivity index (χ1v) is 7.66. The van der Waals surface area contributed by atoms with Gasteiger partial charge in [-0.1, -0.05) is 43.3 Å². The number of benzene rings is 2. The lowest BCUT2D eigenvalue weighted by atomic mass is 10.1. The SMILES string of the molecule is CCc1c(/C=C/c2ccccc2)oc2ccc(C(=O)O)cc2c1=O. The summed E-state index contributed by atoms with van der Waals surface area (Å²) < 4.78 is 5.84. The fourth-order valence-electron chi connectivity index (χ4n) is 2.59. The van der Waals surface area contributed by atoms with Crippen molar-refractivity contribution in [3.05, 3.63) is 81.2 Å². The molecule has 120 valence electrons. The van der Waals surface area contributed by atoms with E-state index in [1.165, 1.54) is 18.2 Å². The second kappa shape index (κ2) is 6.54. The second-order valence-corrected chi connectivity index (χ2v) is 5.39. The third-order valence-electron chi connectivity index (χ3n) is 3.84. The molecule has 0 radical (unpaired) electrons. The van der Waals surface area contributed by atoms with Crippen LogP contribution in [0.15, 0.2) is 57.7 Å². The van der Waals surface area contributed by atoms with Gasteiger partial charge in [0.05, 0.1) is 10.9 Å². The summed E-state index contributed by atoms with van der Waals surface area (Å²) in [6.45, 7) is 1.87. The molecule has 0 atom stereocenters. The van der Waals surface area contributed by atoms with Crippen molar-refractivity contribution in [3.8, 4) is 0 Å². The molecule has 4 nitrogen and oxygen atoms in total. The zero-order valence-electron chi connectivity index (χ0n) is 13.2. The summed E-state index contributed by atoms with van der Waals surface area (Å²) in [5.74, 6) is -0.565. The van der Waals surface area contributed by atoms with E-state index >= 15 is 0 Å². The Kier molecular flexibility index (Phi) is 4.29. The Bertz CT molecular complexity index is 982. The molecule has 0 aliphatic carbocycles. The molecule has 1 N–H and O–H groups in total. The van der Waals surface area contributed by atoms with Gasteiger partial charge in [-0.25, -0.2) is 4.79 Å². The predicted molar refractivity (Wildman–Crippen MR) is 94.2 cm³/mol. The van der Waals surface area contributed by atoms with E-state index in [2.05, 4.69) is 0 Å². The highest BCUT2D eigenvalue weighted by Crippen LogP contribution is 2.20. The fourth-order valence-corrected chi connectivity index (χ4v) is 2.59. The number of rotatable bonds is 4. The summed E-state index contributed by atoms with van der Waals surface area (Å²) in [6.07, 6.45) is 4.17. The summed E-state index contributed by atoms with van der Waals surface area (Å²) in [4.78, 5) is 23.8. The molecule has 0 fully saturated rings. The normalized spacial score (nSPS) is 11.2. The van der Waals surface area contributed by atoms with E-state index in [-0.39, 0.29) is 11.0 Å². The highest BCUT2D eigenvalue weighted by atomic mass is 16.4. The molecule has 3 aromatic rings. The van der Waals surface area contributed by atoms with Crippen molar-refractivity contribution in [2.75, 3.05) is 0 Å². The minimum Gasteiger partial charge on any atom is -0.478 e. The van der Waals surface area contributed by atoms with Crippen LogP contribution < -0.4 is 5.43 Å². The maximum absolute atomic E-state index is 12.7. The minimum atomic E-state index is -1.07. The van der Waals surface area contributed by atoms with Gasteiger partial charge in [-0.15, -0.1) is 0 Å². The van der Waals surface area contributed by atoms with Crippen LogP contribution in [0.25, 0.3) is 23.1 Å².